The molecule has 0 radical (unpaired) electrons. The first-order valence-corrected chi connectivity index (χ1v) is 7.28. The molecule has 2 aromatic heterocycles. The van der Waals surface area contributed by atoms with E-state index < -0.39 is 11.9 Å². The van der Waals surface area contributed by atoms with E-state index in [1.165, 1.54) is 18.2 Å². The number of rotatable bonds is 1. The van der Waals surface area contributed by atoms with Crippen molar-refractivity contribution in [2.45, 2.75) is 18.6 Å². The normalized spacial score (nSPS) is 22.5. The summed E-state index contributed by atoms with van der Waals surface area (Å²) in [5, 5.41) is 14.6. The largest absolute Gasteiger partial charge is 0.390 e. The zero-order chi connectivity index (χ0) is 15.3. The lowest BCUT2D eigenvalue weighted by atomic mass is 10.0. The summed E-state index contributed by atoms with van der Waals surface area (Å²) >= 11 is 0. The molecule has 114 valence electrons. The minimum Gasteiger partial charge on any atom is -0.390 e. The third kappa shape index (κ3) is 1.99. The van der Waals surface area contributed by atoms with Crippen LogP contribution in [0.25, 0.3) is 21.9 Å². The molecule has 1 aliphatic rings. The maximum Gasteiger partial charge on any atom is 0.142 e. The number of hydrogen-bond acceptors (Lipinski definition) is 3. The van der Waals surface area contributed by atoms with Crippen LogP contribution in [-0.2, 0) is 0 Å². The van der Waals surface area contributed by atoms with Crippen LogP contribution in [0.5, 0.6) is 0 Å². The Balaban J connectivity index is 2.06. The summed E-state index contributed by atoms with van der Waals surface area (Å²) in [4.78, 5) is 4.19. The number of aromatic nitrogens is 2. The molecule has 3 aromatic rings. The van der Waals surface area contributed by atoms with Gasteiger partial charge in [0.15, 0.2) is 0 Å². The lowest BCUT2D eigenvalue weighted by Gasteiger charge is -2.30. The Hall–Kier alpha value is -2.05. The van der Waals surface area contributed by atoms with Crippen molar-refractivity contribution in [3.05, 3.63) is 42.1 Å². The highest BCUT2D eigenvalue weighted by molar-refractivity contribution is 6.06. The minimum atomic E-state index is -0.565. The highest BCUT2D eigenvalue weighted by atomic mass is 19.1. The van der Waals surface area contributed by atoms with Crippen LogP contribution < -0.4 is 5.32 Å². The van der Waals surface area contributed by atoms with Gasteiger partial charge in [-0.15, -0.1) is 0 Å². The monoisotopic (exact) mass is 303 g/mol. The summed E-state index contributed by atoms with van der Waals surface area (Å²) in [7, 11) is 0. The molecule has 4 nitrogen and oxygen atoms in total. The number of nitrogens with zero attached hydrogens (tertiary/aromatic N) is 2. The minimum absolute atomic E-state index is 0.162. The summed E-state index contributed by atoms with van der Waals surface area (Å²) in [6.07, 6.45) is 1.32. The summed E-state index contributed by atoms with van der Waals surface area (Å²) in [6.45, 7) is 1.28. The molecule has 0 aliphatic carbocycles. The predicted octanol–water partition coefficient (Wildman–Crippen LogP) is 2.36. The van der Waals surface area contributed by atoms with Crippen LogP contribution >= 0.6 is 0 Å². The molecule has 1 saturated heterocycles. The molecule has 0 unspecified atom stereocenters. The maximum absolute atomic E-state index is 13.6. The Morgan fingerprint density at radius 3 is 2.82 bits per heavy atom. The molecule has 0 saturated carbocycles. The third-order valence-corrected chi connectivity index (χ3v) is 4.32. The van der Waals surface area contributed by atoms with Crippen LogP contribution in [0.2, 0.25) is 0 Å². The van der Waals surface area contributed by atoms with Crippen LogP contribution in [0.3, 0.4) is 0 Å². The SMILES string of the molecule is O[C@@H]1CNCC[C@H]1n1c2ccc(F)cc2c2cc(F)cnc21. The number of benzene rings is 1. The number of hydrogen-bond donors (Lipinski definition) is 2. The second kappa shape index (κ2) is 5.00. The molecule has 22 heavy (non-hydrogen) atoms. The average Bonchev–Trinajstić information content (AvgIpc) is 2.81. The molecule has 1 aromatic carbocycles. The van der Waals surface area contributed by atoms with Gasteiger partial charge in [-0.05, 0) is 37.2 Å². The Kier molecular flexibility index (Phi) is 3.09. The number of fused-ring (bicyclic) bond motifs is 3. The first-order valence-electron chi connectivity index (χ1n) is 7.28. The predicted molar refractivity (Wildman–Crippen MR) is 79.7 cm³/mol. The molecule has 0 amide bonds. The van der Waals surface area contributed by atoms with E-state index in [9.17, 15) is 13.9 Å². The molecule has 6 heteroatoms. The third-order valence-electron chi connectivity index (χ3n) is 4.32. The van der Waals surface area contributed by atoms with Crippen molar-refractivity contribution < 1.29 is 13.9 Å². The van der Waals surface area contributed by atoms with Gasteiger partial charge in [0.25, 0.3) is 0 Å². The Bertz CT molecular complexity index is 802. The first kappa shape index (κ1) is 13.6. The number of aliphatic hydroxyl groups is 1. The number of pyridine rings is 1. The smallest absolute Gasteiger partial charge is 0.142 e. The quantitative estimate of drug-likeness (QED) is 0.725. The van der Waals surface area contributed by atoms with Gasteiger partial charge in [-0.1, -0.05) is 0 Å². The van der Waals surface area contributed by atoms with E-state index >= 15 is 0 Å². The van der Waals surface area contributed by atoms with E-state index in [2.05, 4.69) is 10.3 Å². The van der Waals surface area contributed by atoms with Gasteiger partial charge < -0.3 is 15.0 Å². The van der Waals surface area contributed by atoms with E-state index in [0.717, 1.165) is 24.7 Å². The number of halogens is 2. The molecule has 1 aliphatic heterocycles. The van der Waals surface area contributed by atoms with Gasteiger partial charge >= 0.3 is 0 Å². The van der Waals surface area contributed by atoms with Crippen molar-refractivity contribution in [3.63, 3.8) is 0 Å². The zero-order valence-electron chi connectivity index (χ0n) is 11.8. The van der Waals surface area contributed by atoms with Gasteiger partial charge in [-0.3, -0.25) is 0 Å². The molecule has 3 heterocycles. The molecule has 0 bridgehead atoms. The number of β-amino-alcohol motifs (C(OH)–C–C–N with tert-alkyl or cyclic N) is 1. The fraction of sp³-hybridized carbons (Fsp3) is 0.312. The highest BCUT2D eigenvalue weighted by Gasteiger charge is 2.28. The van der Waals surface area contributed by atoms with E-state index in [1.54, 1.807) is 6.07 Å². The van der Waals surface area contributed by atoms with Gasteiger partial charge in [0.1, 0.15) is 17.3 Å². The molecular weight excluding hydrogens is 288 g/mol. The summed E-state index contributed by atoms with van der Waals surface area (Å²) in [6, 6.07) is 5.64. The maximum atomic E-state index is 13.6. The summed E-state index contributed by atoms with van der Waals surface area (Å²) < 4.78 is 29.1. The summed E-state index contributed by atoms with van der Waals surface area (Å²) in [5.74, 6) is -0.830. The Labute approximate surface area is 125 Å². The molecule has 0 spiro atoms. The van der Waals surface area contributed by atoms with Gasteiger partial charge in [0.05, 0.1) is 23.9 Å². The van der Waals surface area contributed by atoms with Crippen LogP contribution in [0, 0.1) is 11.6 Å². The van der Waals surface area contributed by atoms with Gasteiger partial charge in [-0.2, -0.15) is 0 Å². The van der Waals surface area contributed by atoms with Crippen molar-refractivity contribution in [2.75, 3.05) is 13.1 Å². The van der Waals surface area contributed by atoms with Gasteiger partial charge in [-0.25, -0.2) is 13.8 Å². The van der Waals surface area contributed by atoms with Gasteiger partial charge in [0, 0.05) is 17.3 Å². The van der Waals surface area contributed by atoms with Crippen LogP contribution in [0.4, 0.5) is 8.78 Å². The Morgan fingerprint density at radius 2 is 2.00 bits per heavy atom. The topological polar surface area (TPSA) is 50.1 Å². The van der Waals surface area contributed by atoms with Crippen molar-refractivity contribution in [1.29, 1.82) is 0 Å². The fourth-order valence-electron chi connectivity index (χ4n) is 3.34. The van der Waals surface area contributed by atoms with Crippen LogP contribution in [0.15, 0.2) is 30.5 Å². The second-order valence-electron chi connectivity index (χ2n) is 5.68. The zero-order valence-corrected chi connectivity index (χ0v) is 11.8. The van der Waals surface area contributed by atoms with Crippen molar-refractivity contribution in [1.82, 2.24) is 14.9 Å². The average molecular weight is 303 g/mol. The fourth-order valence-corrected chi connectivity index (χ4v) is 3.34. The molecule has 4 rings (SSSR count). The highest BCUT2D eigenvalue weighted by Crippen LogP contribution is 2.34. The van der Waals surface area contributed by atoms with E-state index in [0.29, 0.717) is 23.0 Å². The number of aliphatic hydroxyl groups excluding tert-OH is 1. The van der Waals surface area contributed by atoms with Gasteiger partial charge in [0.2, 0.25) is 0 Å². The van der Waals surface area contributed by atoms with Crippen LogP contribution in [0.1, 0.15) is 12.5 Å². The number of nitrogens with one attached hydrogen (secondary N) is 1. The van der Waals surface area contributed by atoms with Crippen molar-refractivity contribution in [2.24, 2.45) is 0 Å². The first-order chi connectivity index (χ1) is 10.6. The standard InChI is InChI=1S/C16H15F2N3O/c17-9-1-2-13-11(5-9)12-6-10(18)7-20-16(12)21(13)14-3-4-19-8-15(14)22/h1-2,5-7,14-15,19,22H,3-4,8H2/t14-,15-/m1/s1. The van der Waals surface area contributed by atoms with Crippen molar-refractivity contribution >= 4 is 21.9 Å². The van der Waals surface area contributed by atoms with E-state index in [-0.39, 0.29) is 11.9 Å². The molecule has 2 atom stereocenters. The van der Waals surface area contributed by atoms with Crippen molar-refractivity contribution in [3.8, 4) is 0 Å². The van der Waals surface area contributed by atoms with Crippen LogP contribution in [-0.4, -0.2) is 33.9 Å². The number of piperidine rings is 1. The van der Waals surface area contributed by atoms with E-state index in [4.69, 9.17) is 0 Å². The second-order valence-corrected chi connectivity index (χ2v) is 5.68. The summed E-state index contributed by atoms with van der Waals surface area (Å²) in [5.41, 5.74) is 1.34. The molecule has 1 fully saturated rings. The Morgan fingerprint density at radius 1 is 1.18 bits per heavy atom. The van der Waals surface area contributed by atoms with E-state index in [1.807, 2.05) is 4.57 Å². The molecular formula is C16H15F2N3O. The lowest BCUT2D eigenvalue weighted by molar-refractivity contribution is 0.0910. The molecule has 2 N–H and O–H groups in total. The lowest BCUT2D eigenvalue weighted by Crippen LogP contribution is -2.41.